The summed E-state index contributed by atoms with van der Waals surface area (Å²) < 4.78 is 0. The molecule has 0 radical (unpaired) electrons. The van der Waals surface area contributed by atoms with Crippen LogP contribution < -0.4 is 49.1 Å². The molecule has 58 heavy (non-hydrogen) atoms. The predicted molar refractivity (Wildman–Crippen MR) is 198 cm³/mol. The number of thiol groups is 1. The molecule has 1 rings (SSSR count). The molecule has 0 aromatic carbocycles. The number of nitrogens with zero attached hydrogens (tertiary/aromatic N) is 1. The smallest absolute Gasteiger partial charge is 0.328 e. The van der Waals surface area contributed by atoms with E-state index in [0.717, 1.165) is 13.8 Å². The van der Waals surface area contributed by atoms with Gasteiger partial charge in [-0.25, -0.2) is 4.79 Å². The average molecular weight is 850 g/mol. The Hall–Kier alpha value is -5.60. The van der Waals surface area contributed by atoms with Crippen molar-refractivity contribution in [2.45, 2.75) is 113 Å². The lowest BCUT2D eigenvalue weighted by Gasteiger charge is -2.28. The molecule has 1 fully saturated rings. The van der Waals surface area contributed by atoms with E-state index in [0.29, 0.717) is 6.42 Å². The van der Waals surface area contributed by atoms with Crippen LogP contribution in [0.1, 0.15) is 58.8 Å². The van der Waals surface area contributed by atoms with Gasteiger partial charge in [0.25, 0.3) is 5.91 Å². The van der Waals surface area contributed by atoms with Crippen molar-refractivity contribution in [1.82, 2.24) is 36.8 Å². The van der Waals surface area contributed by atoms with Gasteiger partial charge in [-0.1, -0.05) is 0 Å². The van der Waals surface area contributed by atoms with Gasteiger partial charge >= 0.3 is 11.9 Å². The van der Waals surface area contributed by atoms with Crippen molar-refractivity contribution in [2.75, 3.05) is 18.9 Å². The van der Waals surface area contributed by atoms with Crippen molar-refractivity contribution in [2.24, 2.45) is 11.5 Å². The maximum Gasteiger partial charge on any atom is 0.328 e. The van der Waals surface area contributed by atoms with Crippen molar-refractivity contribution < 1.29 is 78.9 Å². The normalized spacial score (nSPS) is 17.7. The fraction of sp³-hybridized carbons (Fsp3) is 0.656. The molecule has 25 nitrogen and oxygen atoms in total. The van der Waals surface area contributed by atoms with Crippen molar-refractivity contribution in [1.29, 1.82) is 0 Å². The highest BCUT2D eigenvalue weighted by Gasteiger charge is 2.39. The molecule has 9 atom stereocenters. The first-order chi connectivity index (χ1) is 27.0. The van der Waals surface area contributed by atoms with Crippen molar-refractivity contribution >= 4 is 77.7 Å². The second-order valence-electron chi connectivity index (χ2n) is 13.4. The highest BCUT2D eigenvalue weighted by Crippen LogP contribution is 2.19. The lowest BCUT2D eigenvalue weighted by atomic mass is 10.1. The minimum atomic E-state index is -1.80. The molecule has 0 saturated carbocycles. The Labute approximate surface area is 336 Å². The van der Waals surface area contributed by atoms with Crippen LogP contribution in [0.25, 0.3) is 0 Å². The number of aliphatic carboxylic acids is 2. The van der Waals surface area contributed by atoms with Gasteiger partial charge in [-0.2, -0.15) is 12.6 Å². The van der Waals surface area contributed by atoms with E-state index in [9.17, 15) is 63.0 Å². The number of carbonyl (C=O) groups is 11. The summed E-state index contributed by atoms with van der Waals surface area (Å²) in [5.74, 6) is -12.1. The van der Waals surface area contributed by atoms with Crippen LogP contribution in [0.15, 0.2) is 0 Å². The van der Waals surface area contributed by atoms with Crippen molar-refractivity contribution in [3.05, 3.63) is 0 Å². The number of amides is 9. The maximum atomic E-state index is 13.5. The first kappa shape index (κ1) is 50.4. The first-order valence-corrected chi connectivity index (χ1v) is 18.5. The highest BCUT2D eigenvalue weighted by molar-refractivity contribution is 7.80. The number of carboxylic acid groups (broad SMARTS) is 2. The van der Waals surface area contributed by atoms with Crippen LogP contribution in [0.5, 0.6) is 0 Å². The number of hydrogen-bond acceptors (Lipinski definition) is 14. The Balaban J connectivity index is 3.10. The number of quaternary nitrogens is 1. The highest BCUT2D eigenvalue weighted by atomic mass is 32.1. The standard InChI is InChI=1S/C32H52N10O15S/c1-13(25(49)41-24(14(2)44)32(56)57)36-28(52)18(11-43)39-29(53)19(12-58)40-27(51)17(10-22(35)46)38-26(50)16(6-7-21(34)45)37-30(54)20-4-3-9-42(20)31(55)15(33)5-8-23(47)48/h13-20,24,43-44,58H,3-12,33H2,1-2H3,(H2,34,45)(H2,35,46)(H,36,52)(H,37,54)(H,38,50)(H,39,53)(H,40,51)(H,41,49)(H,47,48)(H,56,57)/p+1/t13-,14+,15-,16-,17-,18-,19-,20-,24-/m0/s1. The van der Waals surface area contributed by atoms with Gasteiger partial charge in [0.1, 0.15) is 36.3 Å². The van der Waals surface area contributed by atoms with Gasteiger partial charge in [-0.15, -0.1) is 0 Å². The molecule has 0 spiro atoms. The first-order valence-electron chi connectivity index (χ1n) is 17.9. The number of hydrogen-bond donors (Lipinski definition) is 14. The molecule has 0 aromatic heterocycles. The quantitative estimate of drug-likeness (QED) is 0.0380. The summed E-state index contributed by atoms with van der Waals surface area (Å²) in [6.45, 7) is 1.36. The molecular weight excluding hydrogens is 796 g/mol. The number of nitrogens with one attached hydrogen (secondary N) is 6. The Morgan fingerprint density at radius 1 is 0.741 bits per heavy atom. The lowest BCUT2D eigenvalue weighted by Crippen LogP contribution is -2.69. The molecule has 17 N–H and O–H groups in total. The number of carboxylic acids is 2. The van der Waals surface area contributed by atoms with E-state index in [2.05, 4.69) is 44.9 Å². The molecule has 9 amide bonds. The molecule has 26 heteroatoms. The van der Waals surface area contributed by atoms with Crippen LogP contribution in [0.3, 0.4) is 0 Å². The van der Waals surface area contributed by atoms with Crippen LogP contribution in [0, 0.1) is 0 Å². The minimum absolute atomic E-state index is 0.0947. The van der Waals surface area contributed by atoms with Gasteiger partial charge in [0.05, 0.1) is 25.6 Å². The Kier molecular flexibility index (Phi) is 21.1. The van der Waals surface area contributed by atoms with E-state index < -0.39 is 151 Å². The zero-order chi connectivity index (χ0) is 44.4. The van der Waals surface area contributed by atoms with Crippen LogP contribution in [-0.2, 0) is 52.7 Å². The van der Waals surface area contributed by atoms with E-state index in [1.54, 1.807) is 0 Å². The van der Waals surface area contributed by atoms with Gasteiger partial charge in [0.2, 0.25) is 47.3 Å². The number of rotatable bonds is 25. The summed E-state index contributed by atoms with van der Waals surface area (Å²) in [4.78, 5) is 138. The average Bonchev–Trinajstić information content (AvgIpc) is 3.64. The molecule has 1 aliphatic heterocycles. The number of aliphatic hydroxyl groups excluding tert-OH is 2. The van der Waals surface area contributed by atoms with Gasteiger partial charge in [-0.05, 0) is 33.1 Å². The third kappa shape index (κ3) is 16.5. The molecule has 326 valence electrons. The summed E-state index contributed by atoms with van der Waals surface area (Å²) in [6, 6.07) is -11.9. The van der Waals surface area contributed by atoms with Crippen molar-refractivity contribution in [3.63, 3.8) is 0 Å². The summed E-state index contributed by atoms with van der Waals surface area (Å²) in [5.41, 5.74) is 14.2. The lowest BCUT2D eigenvalue weighted by molar-refractivity contribution is -0.407. The maximum absolute atomic E-state index is 13.5. The number of carbonyl (C=O) groups excluding carboxylic acids is 9. The number of nitrogens with two attached hydrogens (primary N) is 2. The molecule has 0 bridgehead atoms. The monoisotopic (exact) mass is 849 g/mol. The summed E-state index contributed by atoms with van der Waals surface area (Å²) >= 11 is 4.01. The molecule has 1 saturated heterocycles. The number of primary amides is 2. The molecule has 1 heterocycles. The third-order valence-corrected chi connectivity index (χ3v) is 9.04. The number of likely N-dealkylation sites (tertiary alicyclic amines) is 1. The third-order valence-electron chi connectivity index (χ3n) is 8.67. The van der Waals surface area contributed by atoms with Gasteiger partial charge < -0.3 is 74.4 Å². The SMILES string of the molecule is C[C@H](NC(=O)[C@H](CO)NC(=O)[C@H](CS)NC(=O)[C@H](CC(N)=O)NC(=O)[C@H](CCC(N)=O)NC(=O)[C@@H]1CCCN1C(=O)[C@@H]([NH3+])CCC(=O)O)C(=O)N[C@H](C(=O)O)[C@@H](C)O. The predicted octanol–water partition coefficient (Wildman–Crippen LogP) is -8.09. The van der Waals surface area contributed by atoms with Crippen LogP contribution >= 0.6 is 12.6 Å². The number of aliphatic hydroxyl groups is 2. The van der Waals surface area contributed by atoms with Crippen molar-refractivity contribution in [3.8, 4) is 0 Å². The fourth-order valence-electron chi connectivity index (χ4n) is 5.44. The van der Waals surface area contributed by atoms with E-state index >= 15 is 0 Å². The van der Waals surface area contributed by atoms with Gasteiger partial charge in [-0.3, -0.25) is 47.9 Å². The van der Waals surface area contributed by atoms with E-state index in [-0.39, 0.29) is 25.8 Å². The molecule has 0 aliphatic carbocycles. The Morgan fingerprint density at radius 3 is 1.81 bits per heavy atom. The molecular formula is C32H53N10O15S+. The molecule has 0 aromatic rings. The van der Waals surface area contributed by atoms with Gasteiger partial charge in [0, 0.05) is 25.1 Å². The van der Waals surface area contributed by atoms with Gasteiger partial charge in [0.15, 0.2) is 12.1 Å². The van der Waals surface area contributed by atoms with Crippen LogP contribution in [-0.4, -0.2) is 164 Å². The second-order valence-corrected chi connectivity index (χ2v) is 13.8. The fourth-order valence-corrected chi connectivity index (χ4v) is 5.70. The van der Waals surface area contributed by atoms with Crippen LogP contribution in [0.2, 0.25) is 0 Å². The Bertz CT molecular complexity index is 1570. The summed E-state index contributed by atoms with van der Waals surface area (Å²) in [7, 11) is 0. The molecule has 1 aliphatic rings. The van der Waals surface area contributed by atoms with E-state index in [1.165, 1.54) is 4.90 Å². The Morgan fingerprint density at radius 2 is 1.29 bits per heavy atom. The van der Waals surface area contributed by atoms with E-state index in [4.69, 9.17) is 21.7 Å². The zero-order valence-electron chi connectivity index (χ0n) is 31.8. The molecule has 0 unspecified atom stereocenters. The van der Waals surface area contributed by atoms with E-state index in [1.807, 2.05) is 5.32 Å². The van der Waals surface area contributed by atoms with Crippen LogP contribution in [0.4, 0.5) is 0 Å². The summed E-state index contributed by atoms with van der Waals surface area (Å²) in [5, 5.41) is 50.6. The second kappa shape index (κ2) is 24.2. The topological polar surface area (TPSA) is 424 Å². The minimum Gasteiger partial charge on any atom is -0.481 e. The summed E-state index contributed by atoms with van der Waals surface area (Å²) in [6.07, 6.45) is -3.08. The zero-order valence-corrected chi connectivity index (χ0v) is 32.7. The largest absolute Gasteiger partial charge is 0.481 e.